The fourth-order valence-electron chi connectivity index (χ4n) is 1.56. The van der Waals surface area contributed by atoms with Gasteiger partial charge in [0, 0.05) is 5.02 Å². The molecule has 1 atom stereocenters. The number of alkyl halides is 1. The molecule has 1 aromatic carbocycles. The van der Waals surface area contributed by atoms with E-state index in [1.807, 2.05) is 25.3 Å². The van der Waals surface area contributed by atoms with Crippen molar-refractivity contribution >= 4 is 23.2 Å². The minimum absolute atomic E-state index is 0.0778. The third-order valence-corrected chi connectivity index (χ3v) is 3.42. The number of nitrogens with zero attached hydrogens (tertiary/aromatic N) is 3. The molecule has 1 aromatic heterocycles. The van der Waals surface area contributed by atoms with Crippen LogP contribution in [0, 0.1) is 0 Å². The molecule has 0 saturated carbocycles. The van der Waals surface area contributed by atoms with E-state index >= 15 is 0 Å². The molecule has 1 heterocycles. The molecule has 19 heavy (non-hydrogen) atoms. The van der Waals surface area contributed by atoms with Crippen LogP contribution in [-0.2, 0) is 6.54 Å². The number of rotatable bonds is 6. The average Bonchev–Trinajstić information content (AvgIpc) is 2.89. The SMILES string of the molecule is CCC(Cl)c1cn(CCOc2ccc(Cl)cc2)nn1. The molecule has 2 aromatic rings. The summed E-state index contributed by atoms with van der Waals surface area (Å²) in [6, 6.07) is 7.26. The predicted molar refractivity (Wildman–Crippen MR) is 75.9 cm³/mol. The lowest BCUT2D eigenvalue weighted by Crippen LogP contribution is -2.08. The average molecular weight is 300 g/mol. The second-order valence-corrected chi connectivity index (χ2v) is 5.05. The maximum atomic E-state index is 6.09. The Balaban J connectivity index is 1.82. The van der Waals surface area contributed by atoms with Crippen LogP contribution >= 0.6 is 23.2 Å². The van der Waals surface area contributed by atoms with Crippen LogP contribution in [0.1, 0.15) is 24.4 Å². The van der Waals surface area contributed by atoms with E-state index < -0.39 is 0 Å². The van der Waals surface area contributed by atoms with Crippen LogP contribution in [0.15, 0.2) is 30.5 Å². The summed E-state index contributed by atoms with van der Waals surface area (Å²) in [5, 5.41) is 8.66. The molecule has 2 rings (SSSR count). The summed E-state index contributed by atoms with van der Waals surface area (Å²) in [5.41, 5.74) is 0.802. The summed E-state index contributed by atoms with van der Waals surface area (Å²) in [6.07, 6.45) is 2.69. The summed E-state index contributed by atoms with van der Waals surface area (Å²) in [4.78, 5) is 0. The first-order valence-electron chi connectivity index (χ1n) is 6.11. The van der Waals surface area contributed by atoms with Crippen LogP contribution in [0.5, 0.6) is 5.75 Å². The van der Waals surface area contributed by atoms with Gasteiger partial charge in [-0.1, -0.05) is 23.7 Å². The lowest BCUT2D eigenvalue weighted by atomic mass is 10.3. The van der Waals surface area contributed by atoms with E-state index in [0.717, 1.165) is 17.9 Å². The van der Waals surface area contributed by atoms with Gasteiger partial charge in [-0.3, -0.25) is 0 Å². The number of benzene rings is 1. The van der Waals surface area contributed by atoms with Crippen LogP contribution in [0.25, 0.3) is 0 Å². The van der Waals surface area contributed by atoms with Crippen molar-refractivity contribution in [1.29, 1.82) is 0 Å². The molecule has 0 radical (unpaired) electrons. The molecular formula is C13H15Cl2N3O. The highest BCUT2D eigenvalue weighted by Crippen LogP contribution is 2.20. The molecular weight excluding hydrogens is 285 g/mol. The molecule has 0 aliphatic carbocycles. The van der Waals surface area contributed by atoms with Crippen LogP contribution in [0.3, 0.4) is 0 Å². The van der Waals surface area contributed by atoms with E-state index in [4.69, 9.17) is 27.9 Å². The highest BCUT2D eigenvalue weighted by atomic mass is 35.5. The van der Waals surface area contributed by atoms with Gasteiger partial charge in [0.1, 0.15) is 18.1 Å². The summed E-state index contributed by atoms with van der Waals surface area (Å²) < 4.78 is 7.31. The van der Waals surface area contributed by atoms with Gasteiger partial charge in [0.15, 0.2) is 0 Å². The van der Waals surface area contributed by atoms with E-state index in [0.29, 0.717) is 18.2 Å². The van der Waals surface area contributed by atoms with Crippen molar-refractivity contribution < 1.29 is 4.74 Å². The number of aromatic nitrogens is 3. The Morgan fingerprint density at radius 3 is 2.74 bits per heavy atom. The van der Waals surface area contributed by atoms with Crippen molar-refractivity contribution in [1.82, 2.24) is 15.0 Å². The third-order valence-electron chi connectivity index (χ3n) is 2.64. The Hall–Kier alpha value is -1.26. The fourth-order valence-corrected chi connectivity index (χ4v) is 1.79. The molecule has 4 nitrogen and oxygen atoms in total. The van der Waals surface area contributed by atoms with Crippen molar-refractivity contribution in [2.75, 3.05) is 6.61 Å². The Bertz CT molecular complexity index is 513. The Kier molecular flexibility index (Phi) is 5.05. The summed E-state index contributed by atoms with van der Waals surface area (Å²) in [6.45, 7) is 3.16. The number of hydrogen-bond acceptors (Lipinski definition) is 3. The zero-order valence-corrected chi connectivity index (χ0v) is 12.1. The summed E-state index contributed by atoms with van der Waals surface area (Å²) in [7, 11) is 0. The highest BCUT2D eigenvalue weighted by Gasteiger charge is 2.09. The van der Waals surface area contributed by atoms with Gasteiger partial charge in [0.25, 0.3) is 0 Å². The zero-order valence-electron chi connectivity index (χ0n) is 10.6. The minimum atomic E-state index is -0.0778. The summed E-state index contributed by atoms with van der Waals surface area (Å²) in [5.74, 6) is 0.786. The van der Waals surface area contributed by atoms with Crippen molar-refractivity contribution in [2.45, 2.75) is 25.3 Å². The standard InChI is InChI=1S/C13H15Cl2N3O/c1-2-12(15)13-9-18(17-16-13)7-8-19-11-5-3-10(14)4-6-11/h3-6,9,12H,2,7-8H2,1H3. The lowest BCUT2D eigenvalue weighted by molar-refractivity contribution is 0.289. The second kappa shape index (κ2) is 6.78. The molecule has 1 unspecified atom stereocenters. The van der Waals surface area contributed by atoms with Gasteiger partial charge in [0.05, 0.1) is 18.1 Å². The lowest BCUT2D eigenvalue weighted by Gasteiger charge is -2.05. The third kappa shape index (κ3) is 4.11. The topological polar surface area (TPSA) is 39.9 Å². The summed E-state index contributed by atoms with van der Waals surface area (Å²) >= 11 is 11.9. The van der Waals surface area contributed by atoms with Crippen LogP contribution in [0.2, 0.25) is 5.02 Å². The Morgan fingerprint density at radius 2 is 2.05 bits per heavy atom. The van der Waals surface area contributed by atoms with Gasteiger partial charge in [-0.25, -0.2) is 4.68 Å². The van der Waals surface area contributed by atoms with Crippen molar-refractivity contribution in [3.8, 4) is 5.75 Å². The molecule has 0 N–H and O–H groups in total. The van der Waals surface area contributed by atoms with Crippen molar-refractivity contribution in [3.05, 3.63) is 41.2 Å². The van der Waals surface area contributed by atoms with Crippen molar-refractivity contribution in [3.63, 3.8) is 0 Å². The fraction of sp³-hybridized carbons (Fsp3) is 0.385. The van der Waals surface area contributed by atoms with E-state index in [9.17, 15) is 0 Å². The quantitative estimate of drug-likeness (QED) is 0.764. The van der Waals surface area contributed by atoms with E-state index in [2.05, 4.69) is 10.3 Å². The van der Waals surface area contributed by atoms with Gasteiger partial charge in [-0.05, 0) is 30.7 Å². The van der Waals surface area contributed by atoms with Crippen molar-refractivity contribution in [2.24, 2.45) is 0 Å². The molecule has 0 aliphatic heterocycles. The molecule has 0 fully saturated rings. The van der Waals surface area contributed by atoms with Crippen LogP contribution < -0.4 is 4.74 Å². The van der Waals surface area contributed by atoms with E-state index in [-0.39, 0.29) is 5.38 Å². The first kappa shape index (κ1) is 14.2. The van der Waals surface area contributed by atoms with Gasteiger partial charge in [-0.15, -0.1) is 16.7 Å². The number of hydrogen-bond donors (Lipinski definition) is 0. The first-order chi connectivity index (χ1) is 9.19. The second-order valence-electron chi connectivity index (χ2n) is 4.08. The molecule has 0 saturated heterocycles. The Labute approximate surface area is 122 Å². The predicted octanol–water partition coefficient (Wildman–Crippen LogP) is 3.70. The molecule has 6 heteroatoms. The monoisotopic (exact) mass is 299 g/mol. The van der Waals surface area contributed by atoms with E-state index in [1.54, 1.807) is 16.8 Å². The minimum Gasteiger partial charge on any atom is -0.492 e. The van der Waals surface area contributed by atoms with Gasteiger partial charge < -0.3 is 4.74 Å². The maximum Gasteiger partial charge on any atom is 0.119 e. The van der Waals surface area contributed by atoms with Gasteiger partial charge in [-0.2, -0.15) is 0 Å². The largest absolute Gasteiger partial charge is 0.492 e. The molecule has 102 valence electrons. The maximum absolute atomic E-state index is 6.09. The Morgan fingerprint density at radius 1 is 1.32 bits per heavy atom. The van der Waals surface area contributed by atoms with Crippen LogP contribution in [-0.4, -0.2) is 21.6 Å². The highest BCUT2D eigenvalue weighted by molar-refractivity contribution is 6.30. The molecule has 0 spiro atoms. The van der Waals surface area contributed by atoms with Crippen LogP contribution in [0.4, 0.5) is 0 Å². The number of ether oxygens (including phenoxy) is 1. The molecule has 0 aliphatic rings. The first-order valence-corrected chi connectivity index (χ1v) is 6.93. The molecule has 0 amide bonds. The van der Waals surface area contributed by atoms with Gasteiger partial charge >= 0.3 is 0 Å². The zero-order chi connectivity index (χ0) is 13.7. The number of halogens is 2. The molecule has 0 bridgehead atoms. The van der Waals surface area contributed by atoms with Gasteiger partial charge in [0.2, 0.25) is 0 Å². The smallest absolute Gasteiger partial charge is 0.119 e. The normalized spacial score (nSPS) is 12.4. The van der Waals surface area contributed by atoms with E-state index in [1.165, 1.54) is 0 Å².